The zero-order chi connectivity index (χ0) is 15.1. The van der Waals surface area contributed by atoms with E-state index in [2.05, 4.69) is 4.90 Å². The summed E-state index contributed by atoms with van der Waals surface area (Å²) in [5, 5.41) is 0. The van der Waals surface area contributed by atoms with E-state index in [4.69, 9.17) is 10.5 Å². The second kappa shape index (κ2) is 7.57. The third-order valence-electron chi connectivity index (χ3n) is 4.26. The van der Waals surface area contributed by atoms with Gasteiger partial charge in [-0.3, -0.25) is 0 Å². The van der Waals surface area contributed by atoms with Crippen molar-refractivity contribution in [3.63, 3.8) is 0 Å². The van der Waals surface area contributed by atoms with E-state index in [-0.39, 0.29) is 5.97 Å². The molecule has 1 atom stereocenters. The van der Waals surface area contributed by atoms with E-state index >= 15 is 0 Å². The van der Waals surface area contributed by atoms with Gasteiger partial charge in [-0.05, 0) is 31.5 Å². The second-order valence-electron chi connectivity index (χ2n) is 5.87. The number of hydrogen-bond donors (Lipinski definition) is 1. The molecule has 21 heavy (non-hydrogen) atoms. The number of carbonyl (C=O) groups excluding carboxylic acids is 1. The van der Waals surface area contributed by atoms with E-state index in [0.29, 0.717) is 6.54 Å². The van der Waals surface area contributed by atoms with Crippen molar-refractivity contribution in [2.45, 2.75) is 37.6 Å². The number of likely N-dealkylation sites (tertiary alicyclic amines) is 1. The quantitative estimate of drug-likeness (QED) is 0.864. The molecule has 4 nitrogen and oxygen atoms in total. The van der Waals surface area contributed by atoms with Crippen molar-refractivity contribution in [1.29, 1.82) is 0 Å². The smallest absolute Gasteiger partial charge is 0.331 e. The van der Waals surface area contributed by atoms with Gasteiger partial charge in [0.05, 0.1) is 7.11 Å². The molecular weight excluding hydrogens is 264 g/mol. The van der Waals surface area contributed by atoms with E-state index in [1.165, 1.54) is 39.2 Å². The number of carbonyl (C=O) groups is 1. The van der Waals surface area contributed by atoms with Crippen LogP contribution < -0.4 is 5.73 Å². The van der Waals surface area contributed by atoms with Gasteiger partial charge >= 0.3 is 5.97 Å². The van der Waals surface area contributed by atoms with Gasteiger partial charge in [0.15, 0.2) is 5.54 Å². The first-order chi connectivity index (χ1) is 10.2. The summed E-state index contributed by atoms with van der Waals surface area (Å²) < 4.78 is 4.98. The number of esters is 1. The Hall–Kier alpha value is -1.39. The molecule has 0 aliphatic carbocycles. The first-order valence-corrected chi connectivity index (χ1v) is 7.82. The van der Waals surface area contributed by atoms with E-state index in [9.17, 15) is 4.79 Å². The van der Waals surface area contributed by atoms with Crippen LogP contribution in [0, 0.1) is 0 Å². The third-order valence-corrected chi connectivity index (χ3v) is 4.26. The fourth-order valence-corrected chi connectivity index (χ4v) is 3.02. The summed E-state index contributed by atoms with van der Waals surface area (Å²) in [6.07, 6.45) is 6.19. The molecule has 0 amide bonds. The maximum atomic E-state index is 12.3. The molecule has 1 aromatic carbocycles. The summed E-state index contributed by atoms with van der Waals surface area (Å²) in [5.74, 6) is -0.365. The maximum absolute atomic E-state index is 12.3. The summed E-state index contributed by atoms with van der Waals surface area (Å²) >= 11 is 0. The van der Waals surface area contributed by atoms with Gasteiger partial charge in [-0.25, -0.2) is 4.79 Å². The summed E-state index contributed by atoms with van der Waals surface area (Å²) in [6, 6.07) is 9.56. The van der Waals surface area contributed by atoms with Crippen molar-refractivity contribution in [3.8, 4) is 0 Å². The van der Waals surface area contributed by atoms with Crippen LogP contribution in [0.4, 0.5) is 0 Å². The normalized spacial score (nSPS) is 20.1. The lowest BCUT2D eigenvalue weighted by Gasteiger charge is -2.34. The maximum Gasteiger partial charge on any atom is 0.331 e. The van der Waals surface area contributed by atoms with Gasteiger partial charge in [0.2, 0.25) is 0 Å². The largest absolute Gasteiger partial charge is 0.467 e. The molecule has 1 fully saturated rings. The molecule has 0 aromatic heterocycles. The Labute approximate surface area is 127 Å². The molecular formula is C17H26N2O2. The lowest BCUT2D eigenvalue weighted by Crippen LogP contribution is -2.54. The van der Waals surface area contributed by atoms with Crippen molar-refractivity contribution >= 4 is 5.97 Å². The Morgan fingerprint density at radius 2 is 1.71 bits per heavy atom. The predicted molar refractivity (Wildman–Crippen MR) is 83.8 cm³/mol. The van der Waals surface area contributed by atoms with Gasteiger partial charge in [0.1, 0.15) is 0 Å². The van der Waals surface area contributed by atoms with E-state index < -0.39 is 5.54 Å². The minimum absolute atomic E-state index is 0.365. The van der Waals surface area contributed by atoms with Crippen molar-refractivity contribution < 1.29 is 9.53 Å². The van der Waals surface area contributed by atoms with Crippen molar-refractivity contribution in [2.24, 2.45) is 5.73 Å². The Balaban J connectivity index is 2.17. The molecule has 2 N–H and O–H groups in total. The first kappa shape index (κ1) is 16.0. The summed E-state index contributed by atoms with van der Waals surface area (Å²) in [4.78, 5) is 14.6. The summed E-state index contributed by atoms with van der Waals surface area (Å²) in [5.41, 5.74) is 6.21. The number of ether oxygens (including phenoxy) is 1. The number of hydrogen-bond acceptors (Lipinski definition) is 4. The summed E-state index contributed by atoms with van der Waals surface area (Å²) in [6.45, 7) is 2.52. The highest BCUT2D eigenvalue weighted by molar-refractivity contribution is 5.82. The first-order valence-electron chi connectivity index (χ1n) is 7.82. The average Bonchev–Trinajstić information content (AvgIpc) is 2.49. The number of nitrogens with two attached hydrogens (primary N) is 1. The van der Waals surface area contributed by atoms with Gasteiger partial charge in [-0.1, -0.05) is 49.6 Å². The van der Waals surface area contributed by atoms with Crippen molar-refractivity contribution in [3.05, 3.63) is 35.9 Å². The van der Waals surface area contributed by atoms with Crippen molar-refractivity contribution in [1.82, 2.24) is 4.90 Å². The molecule has 0 bridgehead atoms. The molecule has 2 rings (SSSR count). The van der Waals surface area contributed by atoms with Gasteiger partial charge in [0.25, 0.3) is 0 Å². The molecule has 0 radical (unpaired) electrons. The molecule has 116 valence electrons. The zero-order valence-electron chi connectivity index (χ0n) is 12.9. The minimum Gasteiger partial charge on any atom is -0.467 e. The van der Waals surface area contributed by atoms with E-state index in [1.807, 2.05) is 30.3 Å². The molecule has 0 spiro atoms. The molecule has 1 unspecified atom stereocenters. The van der Waals surface area contributed by atoms with Crippen LogP contribution in [0.2, 0.25) is 0 Å². The van der Waals surface area contributed by atoms with Crippen LogP contribution in [0.1, 0.15) is 37.7 Å². The molecule has 1 aliphatic rings. The predicted octanol–water partition coefficient (Wildman–Crippen LogP) is 2.28. The zero-order valence-corrected chi connectivity index (χ0v) is 12.9. The molecule has 1 aliphatic heterocycles. The highest BCUT2D eigenvalue weighted by Crippen LogP contribution is 2.23. The van der Waals surface area contributed by atoms with Gasteiger partial charge < -0.3 is 15.4 Å². The average molecular weight is 290 g/mol. The van der Waals surface area contributed by atoms with Gasteiger partial charge in [-0.2, -0.15) is 0 Å². The Kier molecular flexibility index (Phi) is 5.76. The molecule has 1 aromatic rings. The van der Waals surface area contributed by atoms with Crippen LogP contribution in [-0.4, -0.2) is 37.6 Å². The van der Waals surface area contributed by atoms with Gasteiger partial charge in [0, 0.05) is 6.54 Å². The molecule has 1 saturated heterocycles. The molecule has 1 heterocycles. The van der Waals surface area contributed by atoms with Crippen LogP contribution in [0.25, 0.3) is 0 Å². The van der Waals surface area contributed by atoms with E-state index in [1.54, 1.807) is 0 Å². The van der Waals surface area contributed by atoms with Crippen LogP contribution in [0.5, 0.6) is 0 Å². The molecule has 4 heteroatoms. The van der Waals surface area contributed by atoms with E-state index in [0.717, 1.165) is 18.7 Å². The van der Waals surface area contributed by atoms with Crippen LogP contribution >= 0.6 is 0 Å². The highest BCUT2D eigenvalue weighted by Gasteiger charge is 2.38. The fraction of sp³-hybridized carbons (Fsp3) is 0.588. The Bertz CT molecular complexity index is 441. The monoisotopic (exact) mass is 290 g/mol. The van der Waals surface area contributed by atoms with Crippen LogP contribution in [-0.2, 0) is 15.1 Å². The number of benzene rings is 1. The second-order valence-corrected chi connectivity index (χ2v) is 5.87. The third kappa shape index (κ3) is 4.05. The highest BCUT2D eigenvalue weighted by atomic mass is 16.5. The number of rotatable bonds is 4. The Morgan fingerprint density at radius 3 is 2.29 bits per heavy atom. The van der Waals surface area contributed by atoms with Gasteiger partial charge in [-0.15, -0.1) is 0 Å². The topological polar surface area (TPSA) is 55.6 Å². The van der Waals surface area contributed by atoms with Crippen LogP contribution in [0.3, 0.4) is 0 Å². The number of methoxy groups -OCH3 is 1. The minimum atomic E-state index is -1.09. The lowest BCUT2D eigenvalue weighted by atomic mass is 9.90. The lowest BCUT2D eigenvalue weighted by molar-refractivity contribution is -0.148. The number of nitrogens with zero attached hydrogens (tertiary/aromatic N) is 1. The van der Waals surface area contributed by atoms with Crippen molar-refractivity contribution in [2.75, 3.05) is 26.7 Å². The fourth-order valence-electron chi connectivity index (χ4n) is 3.02. The SMILES string of the molecule is COC(=O)C(N)(CN1CCCCCCC1)c1ccccc1. The summed E-state index contributed by atoms with van der Waals surface area (Å²) in [7, 11) is 1.40. The standard InChI is InChI=1S/C17H26N2O2/c1-21-16(20)17(18,15-10-6-5-7-11-15)14-19-12-8-3-2-4-9-13-19/h5-7,10-11H,2-4,8-9,12-14,18H2,1H3. The van der Waals surface area contributed by atoms with Crippen LogP contribution in [0.15, 0.2) is 30.3 Å². The Morgan fingerprint density at radius 1 is 1.14 bits per heavy atom. The molecule has 0 saturated carbocycles.